The lowest BCUT2D eigenvalue weighted by atomic mass is 9.92. The summed E-state index contributed by atoms with van der Waals surface area (Å²) in [4.78, 5) is 67.2. The van der Waals surface area contributed by atoms with Crippen molar-refractivity contribution < 1.29 is 38.2 Å². The van der Waals surface area contributed by atoms with Gasteiger partial charge in [-0.2, -0.15) is 9.59 Å². The van der Waals surface area contributed by atoms with Crippen LogP contribution in [-0.2, 0) is 46.7 Å². The number of nitrogens with zero attached hydrogens (tertiary/aromatic N) is 1. The lowest BCUT2D eigenvalue weighted by Gasteiger charge is -2.36. The van der Waals surface area contributed by atoms with Gasteiger partial charge in [0.25, 0.3) is 5.91 Å². The highest BCUT2D eigenvalue weighted by atomic mass is 16.6. The molecule has 1 unspecified atom stereocenters. The molecule has 34 heavy (non-hydrogen) atoms. The van der Waals surface area contributed by atoms with E-state index >= 15 is 0 Å². The lowest BCUT2D eigenvalue weighted by Crippen LogP contribution is -2.57. The van der Waals surface area contributed by atoms with E-state index in [1.807, 2.05) is 24.3 Å². The van der Waals surface area contributed by atoms with Crippen LogP contribution in [0.1, 0.15) is 30.9 Å². The van der Waals surface area contributed by atoms with E-state index in [9.17, 15) is 19.2 Å². The Morgan fingerprint density at radius 2 is 1.44 bits per heavy atom. The molecule has 3 rings (SSSR count). The lowest BCUT2D eigenvalue weighted by molar-refractivity contribution is -0.191. The standard InChI is InChI=1S/C23H24N2O6.CO2/c1-2-23(13-19(26)24-21(23)28)25(22(29)31-16-18-11-7-4-8-12-18)14-20(27)30-15-17-9-5-3-6-10-17;2-1-3/h3-12H,2,13-16H2,1H3,(H,24,26,28);. The molecule has 2 aromatic carbocycles. The van der Waals surface area contributed by atoms with E-state index in [-0.39, 0.29) is 32.2 Å². The summed E-state index contributed by atoms with van der Waals surface area (Å²) >= 11 is 0. The highest BCUT2D eigenvalue weighted by Gasteiger charge is 2.53. The number of hydrogen-bond acceptors (Lipinski definition) is 8. The van der Waals surface area contributed by atoms with Crippen LogP contribution in [-0.4, -0.2) is 47.0 Å². The van der Waals surface area contributed by atoms with Crippen LogP contribution < -0.4 is 5.32 Å². The zero-order valence-electron chi connectivity index (χ0n) is 18.5. The third-order valence-corrected chi connectivity index (χ3v) is 5.19. The summed E-state index contributed by atoms with van der Waals surface area (Å²) in [5, 5.41) is 2.22. The molecule has 1 N–H and O–H groups in total. The monoisotopic (exact) mass is 468 g/mol. The maximum atomic E-state index is 12.9. The fourth-order valence-corrected chi connectivity index (χ4v) is 3.43. The van der Waals surface area contributed by atoms with Crippen molar-refractivity contribution >= 4 is 30.0 Å². The number of carbonyl (C=O) groups excluding carboxylic acids is 6. The van der Waals surface area contributed by atoms with Crippen molar-refractivity contribution in [3.63, 3.8) is 0 Å². The molecule has 0 radical (unpaired) electrons. The molecular formula is C24H24N2O8. The molecule has 1 heterocycles. The van der Waals surface area contributed by atoms with Crippen LogP contribution in [0.15, 0.2) is 60.7 Å². The second kappa shape index (κ2) is 12.7. The Kier molecular flexibility index (Phi) is 9.67. The average molecular weight is 468 g/mol. The number of rotatable bonds is 8. The fourth-order valence-electron chi connectivity index (χ4n) is 3.43. The van der Waals surface area contributed by atoms with Crippen LogP contribution >= 0.6 is 0 Å². The van der Waals surface area contributed by atoms with Gasteiger partial charge in [0.05, 0.1) is 6.42 Å². The molecule has 2 aromatic rings. The second-order valence-electron chi connectivity index (χ2n) is 7.30. The highest BCUT2D eigenvalue weighted by Crippen LogP contribution is 2.30. The minimum absolute atomic E-state index is 0.0246. The summed E-state index contributed by atoms with van der Waals surface area (Å²) in [6, 6.07) is 18.1. The van der Waals surface area contributed by atoms with Crippen LogP contribution in [0.5, 0.6) is 0 Å². The summed E-state index contributed by atoms with van der Waals surface area (Å²) < 4.78 is 10.6. The number of benzene rings is 2. The molecule has 1 fully saturated rings. The van der Waals surface area contributed by atoms with Crippen molar-refractivity contribution in [1.82, 2.24) is 10.2 Å². The van der Waals surface area contributed by atoms with E-state index in [1.165, 1.54) is 0 Å². The number of ether oxygens (including phenoxy) is 2. The molecule has 3 amide bonds. The molecule has 1 saturated heterocycles. The van der Waals surface area contributed by atoms with Crippen LogP contribution in [0, 0.1) is 0 Å². The van der Waals surface area contributed by atoms with Crippen molar-refractivity contribution in [2.75, 3.05) is 6.54 Å². The van der Waals surface area contributed by atoms with Gasteiger partial charge in [-0.1, -0.05) is 67.6 Å². The normalized spacial score (nSPS) is 16.4. The molecule has 0 aliphatic carbocycles. The smallest absolute Gasteiger partial charge is 0.411 e. The van der Waals surface area contributed by atoms with E-state index in [4.69, 9.17) is 19.1 Å². The van der Waals surface area contributed by atoms with E-state index in [2.05, 4.69) is 5.32 Å². The first-order valence-corrected chi connectivity index (χ1v) is 10.4. The molecule has 1 atom stereocenters. The number of imide groups is 1. The zero-order valence-corrected chi connectivity index (χ0v) is 18.5. The molecule has 0 aromatic heterocycles. The molecule has 178 valence electrons. The Labute approximate surface area is 195 Å². The summed E-state index contributed by atoms with van der Waals surface area (Å²) in [6.45, 7) is 1.14. The Hall–Kier alpha value is -4.30. The molecule has 1 aliphatic rings. The van der Waals surface area contributed by atoms with Crippen LogP contribution in [0.2, 0.25) is 0 Å². The molecule has 10 heteroatoms. The molecule has 10 nitrogen and oxygen atoms in total. The second-order valence-corrected chi connectivity index (χ2v) is 7.30. The van der Waals surface area contributed by atoms with Gasteiger partial charge >= 0.3 is 18.2 Å². The maximum Gasteiger partial charge on any atom is 0.411 e. The van der Waals surface area contributed by atoms with Crippen molar-refractivity contribution in [2.45, 2.75) is 38.5 Å². The number of nitrogens with one attached hydrogen (secondary N) is 1. The number of esters is 1. The topological polar surface area (TPSA) is 136 Å². The Morgan fingerprint density at radius 1 is 0.941 bits per heavy atom. The van der Waals surface area contributed by atoms with E-state index in [1.54, 1.807) is 43.3 Å². The van der Waals surface area contributed by atoms with Crippen LogP contribution in [0.3, 0.4) is 0 Å². The number of carbonyl (C=O) groups is 4. The van der Waals surface area contributed by atoms with E-state index < -0.39 is 36.0 Å². The molecule has 0 saturated carbocycles. The SMILES string of the molecule is CCC1(N(CC(=O)OCc2ccccc2)C(=O)OCc2ccccc2)CC(=O)NC1=O.O=C=O. The number of hydrogen-bond donors (Lipinski definition) is 1. The molecular weight excluding hydrogens is 444 g/mol. The van der Waals surface area contributed by atoms with E-state index in [0.29, 0.717) is 0 Å². The first-order chi connectivity index (χ1) is 16.4. The zero-order chi connectivity index (χ0) is 25.0. The Balaban J connectivity index is 0.00000129. The van der Waals surface area contributed by atoms with Crippen LogP contribution in [0.4, 0.5) is 4.79 Å². The molecule has 0 spiro atoms. The summed E-state index contributed by atoms with van der Waals surface area (Å²) in [6.07, 6.45) is -0.724. The van der Waals surface area contributed by atoms with Gasteiger partial charge in [0, 0.05) is 0 Å². The quantitative estimate of drug-likeness (QED) is 0.459. The molecule has 1 aliphatic heterocycles. The van der Waals surface area contributed by atoms with Crippen molar-refractivity contribution in [3.8, 4) is 0 Å². The predicted octanol–water partition coefficient (Wildman–Crippen LogP) is 1.98. The van der Waals surface area contributed by atoms with Gasteiger partial charge in [0.15, 0.2) is 0 Å². The Bertz CT molecular complexity index is 1040. The first-order valence-electron chi connectivity index (χ1n) is 10.4. The third kappa shape index (κ3) is 6.85. The van der Waals surface area contributed by atoms with Crippen molar-refractivity contribution in [1.29, 1.82) is 0 Å². The summed E-state index contributed by atoms with van der Waals surface area (Å²) in [7, 11) is 0. The van der Waals surface area contributed by atoms with Crippen LogP contribution in [0.25, 0.3) is 0 Å². The summed E-state index contributed by atoms with van der Waals surface area (Å²) in [5.41, 5.74) is 0.0318. The minimum atomic E-state index is -1.50. The highest BCUT2D eigenvalue weighted by molar-refractivity contribution is 6.09. The van der Waals surface area contributed by atoms with Crippen molar-refractivity contribution in [3.05, 3.63) is 71.8 Å². The van der Waals surface area contributed by atoms with Gasteiger partial charge in [-0.25, -0.2) is 4.79 Å². The van der Waals surface area contributed by atoms with Gasteiger partial charge in [-0.3, -0.25) is 24.6 Å². The largest absolute Gasteiger partial charge is 0.459 e. The Morgan fingerprint density at radius 3 is 1.88 bits per heavy atom. The summed E-state index contributed by atoms with van der Waals surface area (Å²) in [5.74, 6) is -1.85. The van der Waals surface area contributed by atoms with Gasteiger partial charge in [-0.05, 0) is 17.5 Å². The van der Waals surface area contributed by atoms with E-state index in [0.717, 1.165) is 16.0 Å². The average Bonchev–Trinajstić information content (AvgIpc) is 3.15. The molecule has 0 bridgehead atoms. The minimum Gasteiger partial charge on any atom is -0.459 e. The third-order valence-electron chi connectivity index (χ3n) is 5.19. The first kappa shape index (κ1) is 26.0. The maximum absolute atomic E-state index is 12.9. The van der Waals surface area contributed by atoms with Gasteiger partial charge in [0.1, 0.15) is 25.3 Å². The van der Waals surface area contributed by atoms with Gasteiger partial charge in [-0.15, -0.1) is 0 Å². The predicted molar refractivity (Wildman–Crippen MR) is 115 cm³/mol. The van der Waals surface area contributed by atoms with Gasteiger partial charge < -0.3 is 9.47 Å². The fraction of sp³-hybridized carbons (Fsp3) is 0.292. The van der Waals surface area contributed by atoms with Crippen molar-refractivity contribution in [2.24, 2.45) is 0 Å². The van der Waals surface area contributed by atoms with Gasteiger partial charge in [0.2, 0.25) is 5.91 Å². The number of amides is 3.